The first-order chi connectivity index (χ1) is 12.9. The summed E-state index contributed by atoms with van der Waals surface area (Å²) in [5.41, 5.74) is 0.661. The molecule has 0 fully saturated rings. The number of carbonyl (C=O) groups is 2. The quantitative estimate of drug-likeness (QED) is 0.321. The molecular weight excluding hydrogens is 375 g/mol. The van der Waals surface area contributed by atoms with Crippen molar-refractivity contribution in [2.45, 2.75) is 11.3 Å². The van der Waals surface area contributed by atoms with E-state index in [0.29, 0.717) is 17.9 Å². The molecule has 0 radical (unpaired) electrons. The highest BCUT2D eigenvalue weighted by molar-refractivity contribution is 7.98. The zero-order valence-corrected chi connectivity index (χ0v) is 15.3. The molecule has 0 saturated heterocycles. The first kappa shape index (κ1) is 20.4. The van der Waals surface area contributed by atoms with Gasteiger partial charge in [0.1, 0.15) is 5.82 Å². The van der Waals surface area contributed by atoms with Crippen LogP contribution in [0.2, 0.25) is 0 Å². The molecular formula is C18H17FN2O5S. The van der Waals surface area contributed by atoms with Crippen molar-refractivity contribution in [1.29, 1.82) is 0 Å². The first-order valence-corrected chi connectivity index (χ1v) is 9.14. The van der Waals surface area contributed by atoms with Gasteiger partial charge in [0, 0.05) is 12.6 Å². The number of benzene rings is 2. The van der Waals surface area contributed by atoms with Gasteiger partial charge in [-0.1, -0.05) is 12.1 Å². The normalized spacial score (nSPS) is 10.3. The molecule has 2 rings (SSSR count). The summed E-state index contributed by atoms with van der Waals surface area (Å²) in [5, 5.41) is 13.6. The van der Waals surface area contributed by atoms with E-state index in [0.717, 1.165) is 11.6 Å². The van der Waals surface area contributed by atoms with Gasteiger partial charge in [0.15, 0.2) is 6.61 Å². The lowest BCUT2D eigenvalue weighted by Gasteiger charge is -2.07. The molecule has 2 aromatic carbocycles. The summed E-state index contributed by atoms with van der Waals surface area (Å²) in [6.45, 7) is -0.198. The van der Waals surface area contributed by atoms with Crippen LogP contribution >= 0.6 is 11.8 Å². The number of nitro groups is 1. The molecule has 0 aromatic heterocycles. The second-order valence-corrected chi connectivity index (χ2v) is 6.29. The Morgan fingerprint density at radius 2 is 1.93 bits per heavy atom. The van der Waals surface area contributed by atoms with E-state index in [9.17, 15) is 24.1 Å². The number of hydrogen-bond donors (Lipinski definition) is 1. The lowest BCUT2D eigenvalue weighted by molar-refractivity contribution is -0.387. The van der Waals surface area contributed by atoms with E-state index in [2.05, 4.69) is 5.32 Å². The SMILES string of the molecule is CSc1ccc(C(=O)OCC(=O)NCCc2ccc(F)cc2)cc1[N+](=O)[O-]. The van der Waals surface area contributed by atoms with Crippen molar-refractivity contribution in [3.8, 4) is 0 Å². The highest BCUT2D eigenvalue weighted by atomic mass is 32.2. The summed E-state index contributed by atoms with van der Waals surface area (Å²) < 4.78 is 17.7. The minimum atomic E-state index is -0.820. The minimum Gasteiger partial charge on any atom is -0.452 e. The van der Waals surface area contributed by atoms with Crippen molar-refractivity contribution in [2.75, 3.05) is 19.4 Å². The maximum Gasteiger partial charge on any atom is 0.338 e. The van der Waals surface area contributed by atoms with Gasteiger partial charge in [-0.3, -0.25) is 14.9 Å². The molecule has 2 aromatic rings. The van der Waals surface area contributed by atoms with Crippen LogP contribution in [0.1, 0.15) is 15.9 Å². The zero-order chi connectivity index (χ0) is 19.8. The van der Waals surface area contributed by atoms with E-state index < -0.39 is 23.4 Å². The number of rotatable bonds is 8. The van der Waals surface area contributed by atoms with E-state index in [4.69, 9.17) is 4.74 Å². The van der Waals surface area contributed by atoms with Gasteiger partial charge < -0.3 is 10.1 Å². The molecule has 0 aliphatic heterocycles. The number of nitrogens with zero attached hydrogens (tertiary/aromatic N) is 1. The standard InChI is InChI=1S/C18H17FN2O5S/c1-27-16-7-4-13(10-15(16)21(24)25)18(23)26-11-17(22)20-9-8-12-2-5-14(19)6-3-12/h2-7,10H,8-9,11H2,1H3,(H,20,22). The summed E-state index contributed by atoms with van der Waals surface area (Å²) in [6.07, 6.45) is 2.19. The number of carbonyl (C=O) groups excluding carboxylic acids is 2. The Hall–Kier alpha value is -2.94. The first-order valence-electron chi connectivity index (χ1n) is 7.91. The van der Waals surface area contributed by atoms with Gasteiger partial charge in [-0.25, -0.2) is 9.18 Å². The molecule has 1 N–H and O–H groups in total. The molecule has 0 unspecified atom stereocenters. The van der Waals surface area contributed by atoms with E-state index in [1.165, 1.54) is 36.0 Å². The second-order valence-electron chi connectivity index (χ2n) is 5.45. The highest BCUT2D eigenvalue weighted by Gasteiger charge is 2.18. The number of thioether (sulfide) groups is 1. The van der Waals surface area contributed by atoms with Crippen LogP contribution in [-0.2, 0) is 16.0 Å². The van der Waals surface area contributed by atoms with E-state index in [1.807, 2.05) is 0 Å². The van der Waals surface area contributed by atoms with E-state index in [1.54, 1.807) is 18.4 Å². The molecule has 0 heterocycles. The highest BCUT2D eigenvalue weighted by Crippen LogP contribution is 2.28. The minimum absolute atomic E-state index is 0.00129. The third-order valence-corrected chi connectivity index (χ3v) is 4.38. The average molecular weight is 392 g/mol. The summed E-state index contributed by atoms with van der Waals surface area (Å²) in [6, 6.07) is 9.90. The Balaban J connectivity index is 1.82. The Morgan fingerprint density at radius 3 is 2.56 bits per heavy atom. The lowest BCUT2D eigenvalue weighted by atomic mass is 10.1. The van der Waals surface area contributed by atoms with Crippen LogP contribution in [0, 0.1) is 15.9 Å². The fourth-order valence-corrected chi connectivity index (χ4v) is 2.77. The van der Waals surface area contributed by atoms with E-state index >= 15 is 0 Å². The molecule has 0 atom stereocenters. The number of amides is 1. The molecule has 1 amide bonds. The van der Waals surface area contributed by atoms with Crippen molar-refractivity contribution in [3.63, 3.8) is 0 Å². The van der Waals surface area contributed by atoms with Gasteiger partial charge in [-0.15, -0.1) is 11.8 Å². The van der Waals surface area contributed by atoms with Crippen LogP contribution in [0.3, 0.4) is 0 Å². The maximum atomic E-state index is 12.8. The van der Waals surface area contributed by atoms with Gasteiger partial charge in [0.25, 0.3) is 11.6 Å². The van der Waals surface area contributed by atoms with Crippen LogP contribution in [0.4, 0.5) is 10.1 Å². The lowest BCUT2D eigenvalue weighted by Crippen LogP contribution is -2.30. The Morgan fingerprint density at radius 1 is 1.22 bits per heavy atom. The average Bonchev–Trinajstić information content (AvgIpc) is 2.67. The van der Waals surface area contributed by atoms with Crippen LogP contribution in [0.15, 0.2) is 47.4 Å². The third-order valence-electron chi connectivity index (χ3n) is 3.59. The van der Waals surface area contributed by atoms with Gasteiger partial charge in [-0.2, -0.15) is 0 Å². The molecule has 0 bridgehead atoms. The fourth-order valence-electron chi connectivity index (χ4n) is 2.22. The second kappa shape index (κ2) is 9.67. The van der Waals surface area contributed by atoms with Crippen molar-refractivity contribution < 1.29 is 23.6 Å². The molecule has 0 saturated carbocycles. The predicted octanol–water partition coefficient (Wildman–Crippen LogP) is 2.97. The summed E-state index contributed by atoms with van der Waals surface area (Å²) >= 11 is 1.19. The van der Waals surface area contributed by atoms with Crippen LogP contribution in [0.5, 0.6) is 0 Å². The Bertz CT molecular complexity index is 842. The van der Waals surface area contributed by atoms with Crippen LogP contribution in [0.25, 0.3) is 0 Å². The van der Waals surface area contributed by atoms with E-state index in [-0.39, 0.29) is 17.1 Å². The van der Waals surface area contributed by atoms with Gasteiger partial charge in [0.2, 0.25) is 0 Å². The fraction of sp³-hybridized carbons (Fsp3) is 0.222. The monoisotopic (exact) mass is 392 g/mol. The molecule has 27 heavy (non-hydrogen) atoms. The molecule has 0 aliphatic carbocycles. The number of esters is 1. The Labute approximate surface area is 159 Å². The molecule has 7 nitrogen and oxygen atoms in total. The zero-order valence-electron chi connectivity index (χ0n) is 14.4. The topological polar surface area (TPSA) is 98.5 Å². The Kier molecular flexibility index (Phi) is 7.30. The van der Waals surface area contributed by atoms with Crippen molar-refractivity contribution in [1.82, 2.24) is 5.32 Å². The van der Waals surface area contributed by atoms with Crippen LogP contribution < -0.4 is 5.32 Å². The van der Waals surface area contributed by atoms with Crippen molar-refractivity contribution in [2.24, 2.45) is 0 Å². The molecule has 9 heteroatoms. The summed E-state index contributed by atoms with van der Waals surface area (Å²) in [7, 11) is 0. The predicted molar refractivity (Wildman–Crippen MR) is 98.3 cm³/mol. The van der Waals surface area contributed by atoms with Crippen molar-refractivity contribution in [3.05, 3.63) is 69.5 Å². The van der Waals surface area contributed by atoms with Crippen LogP contribution in [-0.4, -0.2) is 36.2 Å². The largest absolute Gasteiger partial charge is 0.452 e. The summed E-state index contributed by atoms with van der Waals surface area (Å²) in [4.78, 5) is 34.6. The number of ether oxygens (including phenoxy) is 1. The third kappa shape index (κ3) is 6.07. The molecule has 0 spiro atoms. The van der Waals surface area contributed by atoms with Crippen molar-refractivity contribution >= 4 is 29.3 Å². The van der Waals surface area contributed by atoms with Gasteiger partial charge in [-0.05, 0) is 42.5 Å². The number of halogens is 1. The maximum absolute atomic E-state index is 12.8. The number of hydrogen-bond acceptors (Lipinski definition) is 6. The smallest absolute Gasteiger partial charge is 0.338 e. The van der Waals surface area contributed by atoms with Gasteiger partial charge >= 0.3 is 5.97 Å². The number of nitro benzene ring substituents is 1. The molecule has 142 valence electrons. The summed E-state index contributed by atoms with van der Waals surface area (Å²) in [5.74, 6) is -1.65. The number of nitrogens with one attached hydrogen (secondary N) is 1. The van der Waals surface area contributed by atoms with Gasteiger partial charge in [0.05, 0.1) is 15.4 Å². The molecule has 0 aliphatic rings.